The van der Waals surface area contributed by atoms with Gasteiger partial charge in [-0.1, -0.05) is 105 Å². The third-order valence-corrected chi connectivity index (χ3v) is 8.90. The van der Waals surface area contributed by atoms with Gasteiger partial charge in [0.05, 0.1) is 8.07 Å². The molecule has 0 saturated heterocycles. The molecule has 2 nitrogen and oxygen atoms in total. The third-order valence-electron chi connectivity index (χ3n) is 6.87. The van der Waals surface area contributed by atoms with Crippen molar-refractivity contribution >= 4 is 13.3 Å². The average molecular weight is 739 g/mol. The van der Waals surface area contributed by atoms with Crippen LogP contribution in [0.5, 0.6) is 0 Å². The summed E-state index contributed by atoms with van der Waals surface area (Å²) in [6.45, 7) is 7.02. The molecule has 4 heteroatoms. The van der Waals surface area contributed by atoms with Crippen LogP contribution in [-0.2, 0) is 26.5 Å². The first kappa shape index (κ1) is 31.0. The Morgan fingerprint density at radius 1 is 0.571 bits per heavy atom. The van der Waals surface area contributed by atoms with Crippen LogP contribution in [0.25, 0.3) is 33.6 Å². The normalized spacial score (nSPS) is 10.6. The topological polar surface area (TPSA) is 25.8 Å². The molecule has 42 heavy (non-hydrogen) atoms. The van der Waals surface area contributed by atoms with Crippen LogP contribution in [0.2, 0.25) is 19.6 Å². The smallest absolute Gasteiger partial charge is 0.0795 e. The van der Waals surface area contributed by atoms with Crippen molar-refractivity contribution < 1.29 is 20.1 Å². The number of pyridine rings is 2. The number of benzene rings is 4. The van der Waals surface area contributed by atoms with E-state index in [0.717, 1.165) is 28.9 Å². The number of hydrogen-bond donors (Lipinski definition) is 0. The third kappa shape index (κ3) is 8.53. The summed E-state index contributed by atoms with van der Waals surface area (Å²) in [6.07, 6.45) is 4.78. The van der Waals surface area contributed by atoms with Crippen LogP contribution in [0.15, 0.2) is 140 Å². The maximum absolute atomic E-state index is 4.65. The van der Waals surface area contributed by atoms with Crippen molar-refractivity contribution in [1.29, 1.82) is 0 Å². The number of rotatable bonds is 6. The molecule has 0 unspecified atom stereocenters. The van der Waals surface area contributed by atoms with Gasteiger partial charge in [-0.2, -0.15) is 0 Å². The molecule has 0 atom stereocenters. The molecule has 4 aromatic carbocycles. The molecule has 6 aromatic rings. The molecule has 211 valence electrons. The Balaban J connectivity index is 0.000000190. The molecule has 2 heterocycles. The second-order valence-corrected chi connectivity index (χ2v) is 16.1. The molecule has 6 rings (SSSR count). The molecule has 0 fully saturated rings. The van der Waals surface area contributed by atoms with E-state index in [9.17, 15) is 0 Å². The molecule has 0 aliphatic rings. The summed E-state index contributed by atoms with van der Waals surface area (Å²) < 4.78 is 0. The molecular formula is C38H34IrN2Si-2. The fourth-order valence-corrected chi connectivity index (χ4v) is 5.58. The maximum atomic E-state index is 4.65. The Morgan fingerprint density at radius 2 is 1.21 bits per heavy atom. The van der Waals surface area contributed by atoms with Gasteiger partial charge < -0.3 is 9.97 Å². The standard InChI is InChI=1S/C20H20NSi.C18H14N.Ir/c1-22(2,3)19-12-13-20(21-15-19)18-11-7-10-17(14-18)16-8-5-4-6-9-16;1-2-7-15(8-3-1)13-16-9-6-10-17(14-16)18-11-4-5-12-19-18;/h4-10,12-15H,1-3H3;1-9,11-12,14H,13H2;/q2*-1;. The van der Waals surface area contributed by atoms with Gasteiger partial charge in [-0.05, 0) is 40.2 Å². The van der Waals surface area contributed by atoms with Crippen molar-refractivity contribution in [2.45, 2.75) is 26.1 Å². The minimum absolute atomic E-state index is 0. The first-order valence-corrected chi connectivity index (χ1v) is 17.5. The van der Waals surface area contributed by atoms with Crippen molar-refractivity contribution in [3.8, 4) is 33.6 Å². The van der Waals surface area contributed by atoms with Crippen molar-refractivity contribution in [3.05, 3.63) is 163 Å². The van der Waals surface area contributed by atoms with E-state index in [0.29, 0.717) is 0 Å². The van der Waals surface area contributed by atoms with Crippen molar-refractivity contribution in [3.63, 3.8) is 0 Å². The summed E-state index contributed by atoms with van der Waals surface area (Å²) in [4.78, 5) is 9.02. The molecule has 0 spiro atoms. The Hall–Kier alpha value is -3.95. The van der Waals surface area contributed by atoms with Crippen LogP contribution in [0, 0.1) is 12.1 Å². The van der Waals surface area contributed by atoms with E-state index >= 15 is 0 Å². The van der Waals surface area contributed by atoms with Crippen molar-refractivity contribution in [1.82, 2.24) is 9.97 Å². The van der Waals surface area contributed by atoms with E-state index in [1.165, 1.54) is 27.4 Å². The van der Waals surface area contributed by atoms with Gasteiger partial charge in [0, 0.05) is 32.5 Å². The molecule has 0 amide bonds. The van der Waals surface area contributed by atoms with Crippen LogP contribution in [0.3, 0.4) is 0 Å². The van der Waals surface area contributed by atoms with Gasteiger partial charge in [0.25, 0.3) is 0 Å². The van der Waals surface area contributed by atoms with E-state index in [4.69, 9.17) is 0 Å². The number of aromatic nitrogens is 2. The summed E-state index contributed by atoms with van der Waals surface area (Å²) >= 11 is 0. The van der Waals surface area contributed by atoms with Crippen LogP contribution in [0.4, 0.5) is 0 Å². The summed E-state index contributed by atoms with van der Waals surface area (Å²) in [7, 11) is -1.29. The summed E-state index contributed by atoms with van der Waals surface area (Å²) in [5, 5.41) is 1.38. The summed E-state index contributed by atoms with van der Waals surface area (Å²) in [6, 6.07) is 50.2. The van der Waals surface area contributed by atoms with Crippen LogP contribution < -0.4 is 5.19 Å². The predicted octanol–water partition coefficient (Wildman–Crippen LogP) is 8.90. The molecule has 0 saturated carbocycles. The Kier molecular flexibility index (Phi) is 10.9. The monoisotopic (exact) mass is 739 g/mol. The zero-order chi connectivity index (χ0) is 28.5. The van der Waals surface area contributed by atoms with E-state index in [1.54, 1.807) is 0 Å². The van der Waals surface area contributed by atoms with Gasteiger partial charge >= 0.3 is 0 Å². The van der Waals surface area contributed by atoms with Gasteiger partial charge in [0.15, 0.2) is 0 Å². The van der Waals surface area contributed by atoms with Gasteiger partial charge in [0.1, 0.15) is 0 Å². The molecule has 0 N–H and O–H groups in total. The Bertz CT molecular complexity index is 1660. The molecular weight excluding hydrogens is 705 g/mol. The van der Waals surface area contributed by atoms with E-state index in [-0.39, 0.29) is 20.1 Å². The van der Waals surface area contributed by atoms with Crippen molar-refractivity contribution in [2.24, 2.45) is 0 Å². The Morgan fingerprint density at radius 3 is 1.86 bits per heavy atom. The fraction of sp³-hybridized carbons (Fsp3) is 0.105. The quantitative estimate of drug-likeness (QED) is 0.126. The van der Waals surface area contributed by atoms with Crippen molar-refractivity contribution in [2.75, 3.05) is 0 Å². The second-order valence-electron chi connectivity index (χ2n) is 11.0. The van der Waals surface area contributed by atoms with Gasteiger partial charge in [-0.25, -0.2) is 0 Å². The number of nitrogens with zero attached hydrogens (tertiary/aromatic N) is 2. The first-order valence-electron chi connectivity index (χ1n) is 14.0. The Labute approximate surface area is 264 Å². The van der Waals surface area contributed by atoms with Gasteiger partial charge in [-0.3, -0.25) is 0 Å². The molecule has 0 aliphatic carbocycles. The number of hydrogen-bond acceptors (Lipinski definition) is 2. The first-order chi connectivity index (χ1) is 20.0. The molecule has 2 aromatic heterocycles. The minimum Gasteiger partial charge on any atom is -0.305 e. The van der Waals surface area contributed by atoms with E-state index in [1.807, 2.05) is 54.9 Å². The maximum Gasteiger partial charge on any atom is 0.0795 e. The average Bonchev–Trinajstić information content (AvgIpc) is 3.03. The predicted molar refractivity (Wildman–Crippen MR) is 175 cm³/mol. The fourth-order valence-electron chi connectivity index (χ4n) is 4.55. The zero-order valence-corrected chi connectivity index (χ0v) is 27.6. The zero-order valence-electron chi connectivity index (χ0n) is 24.2. The minimum atomic E-state index is -1.29. The molecule has 0 aliphatic heterocycles. The summed E-state index contributed by atoms with van der Waals surface area (Å²) in [5.74, 6) is 0. The van der Waals surface area contributed by atoms with Gasteiger partial charge in [0.2, 0.25) is 0 Å². The van der Waals surface area contributed by atoms with Crippen LogP contribution in [-0.4, -0.2) is 18.0 Å². The molecule has 1 radical (unpaired) electrons. The molecule has 0 bridgehead atoms. The van der Waals surface area contributed by atoms with Crippen LogP contribution in [0.1, 0.15) is 11.1 Å². The van der Waals surface area contributed by atoms with Crippen LogP contribution >= 0.6 is 0 Å². The SMILES string of the molecule is C[Si](C)(C)c1ccc(-c2[c-]ccc(-c3ccccc3)c2)nc1.[Ir].[c-]1ccc(Cc2ccccc2)cc1-c1ccccn1. The van der Waals surface area contributed by atoms with Gasteiger partial charge in [-0.15, -0.1) is 70.8 Å². The second kappa shape index (κ2) is 14.8. The van der Waals surface area contributed by atoms with E-state index < -0.39 is 8.07 Å². The largest absolute Gasteiger partial charge is 0.305 e. The summed E-state index contributed by atoms with van der Waals surface area (Å²) in [5.41, 5.74) is 9.07. The van der Waals surface area contributed by atoms with E-state index in [2.05, 4.69) is 127 Å².